The van der Waals surface area contributed by atoms with Gasteiger partial charge in [0.25, 0.3) is 0 Å². The van der Waals surface area contributed by atoms with Gasteiger partial charge in [0.2, 0.25) is 0 Å². The van der Waals surface area contributed by atoms with E-state index in [0.717, 1.165) is 12.5 Å². The lowest BCUT2D eigenvalue weighted by atomic mass is 9.79. The largest absolute Gasteiger partial charge is 0.376 e. The van der Waals surface area contributed by atoms with Crippen LogP contribution in [0.4, 0.5) is 0 Å². The van der Waals surface area contributed by atoms with E-state index in [4.69, 9.17) is 4.74 Å². The molecular formula is C17H25NO. The fraction of sp³-hybridized carbons (Fsp3) is 0.647. The van der Waals surface area contributed by atoms with E-state index in [1.54, 1.807) is 0 Å². The fourth-order valence-electron chi connectivity index (χ4n) is 3.34. The van der Waals surface area contributed by atoms with Crippen LogP contribution in [0.1, 0.15) is 61.6 Å². The van der Waals surface area contributed by atoms with E-state index in [1.807, 2.05) is 0 Å². The molecule has 1 aliphatic carbocycles. The molecule has 0 radical (unpaired) electrons. The molecule has 2 fully saturated rings. The van der Waals surface area contributed by atoms with Crippen LogP contribution in [0, 0.1) is 0 Å². The highest BCUT2D eigenvalue weighted by atomic mass is 16.5. The Kier molecular flexibility index (Phi) is 4.19. The molecule has 0 bridgehead atoms. The Morgan fingerprint density at radius 2 is 2.05 bits per heavy atom. The van der Waals surface area contributed by atoms with Gasteiger partial charge in [0.15, 0.2) is 0 Å². The van der Waals surface area contributed by atoms with Crippen LogP contribution >= 0.6 is 0 Å². The lowest BCUT2D eigenvalue weighted by molar-refractivity contribution is -0.00664. The van der Waals surface area contributed by atoms with Crippen LogP contribution in [-0.4, -0.2) is 19.8 Å². The third-order valence-corrected chi connectivity index (χ3v) is 4.74. The minimum absolute atomic E-state index is 0.343. The van der Waals surface area contributed by atoms with Crippen molar-refractivity contribution in [2.75, 3.05) is 13.7 Å². The van der Waals surface area contributed by atoms with Gasteiger partial charge >= 0.3 is 0 Å². The maximum absolute atomic E-state index is 5.96. The van der Waals surface area contributed by atoms with Crippen molar-refractivity contribution in [1.29, 1.82) is 0 Å². The molecule has 2 unspecified atom stereocenters. The first-order chi connectivity index (χ1) is 9.38. The van der Waals surface area contributed by atoms with Crippen LogP contribution in [0.3, 0.4) is 0 Å². The average Bonchev–Trinajstić information content (AvgIpc) is 2.39. The summed E-state index contributed by atoms with van der Waals surface area (Å²) >= 11 is 0. The fourth-order valence-corrected chi connectivity index (χ4v) is 3.34. The quantitative estimate of drug-likeness (QED) is 0.888. The number of rotatable bonds is 4. The average molecular weight is 259 g/mol. The van der Waals surface area contributed by atoms with Gasteiger partial charge in [-0.25, -0.2) is 0 Å². The Bertz CT molecular complexity index is 407. The van der Waals surface area contributed by atoms with Gasteiger partial charge in [-0.15, -0.1) is 0 Å². The van der Waals surface area contributed by atoms with Gasteiger partial charge in [-0.2, -0.15) is 0 Å². The summed E-state index contributed by atoms with van der Waals surface area (Å²) in [5.74, 6) is 0.810. The highest BCUT2D eigenvalue weighted by Gasteiger charge is 2.26. The first-order valence-electron chi connectivity index (χ1n) is 7.77. The van der Waals surface area contributed by atoms with Gasteiger partial charge in [0.1, 0.15) is 0 Å². The molecule has 2 heteroatoms. The van der Waals surface area contributed by atoms with E-state index in [9.17, 15) is 0 Å². The molecule has 1 aliphatic heterocycles. The van der Waals surface area contributed by atoms with Crippen LogP contribution in [0.5, 0.6) is 0 Å². The highest BCUT2D eigenvalue weighted by Crippen LogP contribution is 2.37. The summed E-state index contributed by atoms with van der Waals surface area (Å²) in [6.45, 7) is 0.922. The third-order valence-electron chi connectivity index (χ3n) is 4.74. The van der Waals surface area contributed by atoms with Crippen molar-refractivity contribution in [3.63, 3.8) is 0 Å². The van der Waals surface area contributed by atoms with Crippen LogP contribution < -0.4 is 5.32 Å². The van der Waals surface area contributed by atoms with Crippen molar-refractivity contribution >= 4 is 0 Å². The Hall–Kier alpha value is -0.860. The molecule has 2 aliphatic rings. The van der Waals surface area contributed by atoms with Crippen molar-refractivity contribution < 1.29 is 4.74 Å². The van der Waals surface area contributed by atoms with Gasteiger partial charge in [0, 0.05) is 6.61 Å². The molecule has 1 heterocycles. The Morgan fingerprint density at radius 1 is 1.16 bits per heavy atom. The number of likely N-dealkylation sites (N-methyl/N-ethyl adjacent to an activating group) is 1. The second-order valence-corrected chi connectivity index (χ2v) is 5.97. The first kappa shape index (κ1) is 13.1. The molecule has 2 atom stereocenters. The van der Waals surface area contributed by atoms with Gasteiger partial charge in [-0.05, 0) is 56.2 Å². The molecule has 1 saturated heterocycles. The summed E-state index contributed by atoms with van der Waals surface area (Å²) in [5.41, 5.74) is 2.93. The predicted octanol–water partition coefficient (Wildman–Crippen LogP) is 3.78. The zero-order valence-corrected chi connectivity index (χ0v) is 11.9. The molecule has 3 rings (SSSR count). The van der Waals surface area contributed by atoms with Crippen LogP contribution in [0.15, 0.2) is 24.3 Å². The van der Waals surface area contributed by atoms with Crippen molar-refractivity contribution in [2.24, 2.45) is 0 Å². The van der Waals surface area contributed by atoms with Crippen molar-refractivity contribution in [1.82, 2.24) is 5.32 Å². The van der Waals surface area contributed by atoms with Crippen LogP contribution in [0.2, 0.25) is 0 Å². The van der Waals surface area contributed by atoms with Crippen molar-refractivity contribution in [3.8, 4) is 0 Å². The molecule has 1 saturated carbocycles. The molecule has 1 N–H and O–H groups in total. The first-order valence-corrected chi connectivity index (χ1v) is 7.77. The maximum atomic E-state index is 5.96. The predicted molar refractivity (Wildman–Crippen MR) is 78.4 cm³/mol. The summed E-state index contributed by atoms with van der Waals surface area (Å²) in [6.07, 6.45) is 8.17. The lowest BCUT2D eigenvalue weighted by Gasteiger charge is -2.32. The van der Waals surface area contributed by atoms with Crippen LogP contribution in [-0.2, 0) is 4.74 Å². The van der Waals surface area contributed by atoms with E-state index in [0.29, 0.717) is 12.1 Å². The number of hydrogen-bond acceptors (Lipinski definition) is 2. The molecule has 1 aromatic carbocycles. The number of hydrogen-bond donors (Lipinski definition) is 1. The maximum Gasteiger partial charge on any atom is 0.0769 e. The summed E-state index contributed by atoms with van der Waals surface area (Å²) in [7, 11) is 2.05. The molecule has 0 amide bonds. The normalized spacial score (nSPS) is 25.8. The van der Waals surface area contributed by atoms with Crippen molar-refractivity contribution in [2.45, 2.75) is 56.6 Å². The summed E-state index contributed by atoms with van der Waals surface area (Å²) in [6, 6.07) is 9.52. The monoisotopic (exact) mass is 259 g/mol. The molecular weight excluding hydrogens is 234 g/mol. The number of ether oxygens (including phenoxy) is 1. The molecule has 1 aromatic rings. The topological polar surface area (TPSA) is 21.3 Å². The van der Waals surface area contributed by atoms with Gasteiger partial charge in [0.05, 0.1) is 12.1 Å². The highest BCUT2D eigenvalue weighted by molar-refractivity contribution is 5.30. The van der Waals surface area contributed by atoms with Gasteiger partial charge in [-0.1, -0.05) is 30.7 Å². The SMILES string of the molecule is CNC(c1cccc(C2CCC2)c1)C1CCCCO1. The second-order valence-electron chi connectivity index (χ2n) is 5.97. The zero-order valence-electron chi connectivity index (χ0n) is 11.9. The van der Waals surface area contributed by atoms with E-state index < -0.39 is 0 Å². The van der Waals surface area contributed by atoms with E-state index in [2.05, 4.69) is 36.6 Å². The van der Waals surface area contributed by atoms with Gasteiger partial charge < -0.3 is 10.1 Å². The lowest BCUT2D eigenvalue weighted by Crippen LogP contribution is -2.34. The summed E-state index contributed by atoms with van der Waals surface area (Å²) < 4.78 is 5.96. The Labute approximate surface area is 116 Å². The zero-order chi connectivity index (χ0) is 13.1. The summed E-state index contributed by atoms with van der Waals surface area (Å²) in [4.78, 5) is 0. The molecule has 2 nitrogen and oxygen atoms in total. The number of nitrogens with one attached hydrogen (secondary N) is 1. The molecule has 104 valence electrons. The van der Waals surface area contributed by atoms with E-state index >= 15 is 0 Å². The van der Waals surface area contributed by atoms with E-state index in [-0.39, 0.29) is 0 Å². The molecule has 19 heavy (non-hydrogen) atoms. The molecule has 0 aromatic heterocycles. The second kappa shape index (κ2) is 6.06. The Balaban J connectivity index is 1.77. The van der Waals surface area contributed by atoms with Crippen LogP contribution in [0.25, 0.3) is 0 Å². The standard InChI is InChI=1S/C17H25NO/c1-18-17(16-10-2-3-11-19-16)15-9-5-8-14(12-15)13-6-4-7-13/h5,8-9,12-13,16-18H,2-4,6-7,10-11H2,1H3. The minimum atomic E-state index is 0.343. The van der Waals surface area contributed by atoms with Gasteiger partial charge in [-0.3, -0.25) is 0 Å². The Morgan fingerprint density at radius 3 is 2.68 bits per heavy atom. The number of benzene rings is 1. The van der Waals surface area contributed by atoms with E-state index in [1.165, 1.54) is 49.7 Å². The third kappa shape index (κ3) is 2.85. The smallest absolute Gasteiger partial charge is 0.0769 e. The molecule has 0 spiro atoms. The van der Waals surface area contributed by atoms with Crippen molar-refractivity contribution in [3.05, 3.63) is 35.4 Å². The minimum Gasteiger partial charge on any atom is -0.376 e. The summed E-state index contributed by atoms with van der Waals surface area (Å²) in [5, 5.41) is 3.47.